The number of aliphatic hydroxyl groups is 1. The predicted octanol–water partition coefficient (Wildman–Crippen LogP) is 1.06. The van der Waals surface area contributed by atoms with Crippen molar-refractivity contribution in [1.29, 1.82) is 0 Å². The molecule has 1 N–H and O–H groups in total. The molecule has 1 atom stereocenters. The Kier molecular flexibility index (Phi) is 3.73. The fourth-order valence-corrected chi connectivity index (χ4v) is 2.25. The van der Waals surface area contributed by atoms with Gasteiger partial charge in [0.15, 0.2) is 0 Å². The molecule has 0 fully saturated rings. The first-order chi connectivity index (χ1) is 8.41. The summed E-state index contributed by atoms with van der Waals surface area (Å²) in [5.74, 6) is 0. The molecule has 1 aliphatic heterocycles. The summed E-state index contributed by atoms with van der Waals surface area (Å²) in [6.45, 7) is 11.7. The Morgan fingerprint density at radius 3 is 2.72 bits per heavy atom. The van der Waals surface area contributed by atoms with Gasteiger partial charge in [0, 0.05) is 32.6 Å². The largest absolute Gasteiger partial charge is 0.391 e. The molecule has 2 rings (SSSR count). The van der Waals surface area contributed by atoms with Crippen molar-refractivity contribution in [3.8, 4) is 0 Å². The molecule has 5 heteroatoms. The monoisotopic (exact) mass is 252 g/mol. The maximum Gasteiger partial charge on any atom is 0.0999 e. The SMILES string of the molecule is CCn1nnc2c1CCN(C[C@H](O)C(C)(C)C)C2. The Bertz CT molecular complexity index is 408. The minimum Gasteiger partial charge on any atom is -0.391 e. The standard InChI is InChI=1S/C13H24N4O/c1-5-17-11-6-7-16(8-10(11)14-15-17)9-12(18)13(2,3)4/h12,18H,5-9H2,1-4H3/t12-/m0/s1. The summed E-state index contributed by atoms with van der Waals surface area (Å²) < 4.78 is 1.98. The van der Waals surface area contributed by atoms with Crippen molar-refractivity contribution in [3.05, 3.63) is 11.4 Å². The molecule has 1 aromatic heterocycles. The van der Waals surface area contributed by atoms with Gasteiger partial charge in [-0.2, -0.15) is 0 Å². The lowest BCUT2D eigenvalue weighted by Crippen LogP contribution is -2.42. The molecule has 1 aliphatic rings. The molecule has 18 heavy (non-hydrogen) atoms. The molecule has 1 aromatic rings. The van der Waals surface area contributed by atoms with E-state index in [4.69, 9.17) is 0 Å². The fourth-order valence-electron chi connectivity index (χ4n) is 2.25. The lowest BCUT2D eigenvalue weighted by molar-refractivity contribution is 0.0242. The Morgan fingerprint density at radius 1 is 1.39 bits per heavy atom. The minimum absolute atomic E-state index is 0.0681. The number of fused-ring (bicyclic) bond motifs is 1. The second-order valence-electron chi connectivity index (χ2n) is 6.17. The molecule has 0 bridgehead atoms. The highest BCUT2D eigenvalue weighted by Crippen LogP contribution is 2.22. The third-order valence-electron chi connectivity index (χ3n) is 3.69. The third kappa shape index (κ3) is 2.72. The normalized spacial score (nSPS) is 18.7. The lowest BCUT2D eigenvalue weighted by Gasteiger charge is -2.33. The number of nitrogens with zero attached hydrogens (tertiary/aromatic N) is 4. The molecule has 0 saturated heterocycles. The zero-order chi connectivity index (χ0) is 13.3. The number of hydrogen-bond donors (Lipinski definition) is 1. The summed E-state index contributed by atoms with van der Waals surface area (Å²) in [5.41, 5.74) is 2.27. The summed E-state index contributed by atoms with van der Waals surface area (Å²) in [4.78, 5) is 2.27. The molecular formula is C13H24N4O. The fraction of sp³-hybridized carbons (Fsp3) is 0.846. The first-order valence-electron chi connectivity index (χ1n) is 6.73. The average Bonchev–Trinajstić information content (AvgIpc) is 2.69. The molecule has 5 nitrogen and oxygen atoms in total. The maximum atomic E-state index is 10.2. The van der Waals surface area contributed by atoms with E-state index < -0.39 is 0 Å². The number of hydrogen-bond acceptors (Lipinski definition) is 4. The van der Waals surface area contributed by atoms with Gasteiger partial charge in [-0.05, 0) is 12.3 Å². The second kappa shape index (κ2) is 4.97. The van der Waals surface area contributed by atoms with E-state index in [0.717, 1.165) is 31.7 Å². The van der Waals surface area contributed by atoms with Crippen molar-refractivity contribution in [1.82, 2.24) is 19.9 Å². The summed E-state index contributed by atoms with van der Waals surface area (Å²) in [6, 6.07) is 0. The molecule has 0 amide bonds. The van der Waals surface area contributed by atoms with Gasteiger partial charge in [-0.25, -0.2) is 4.68 Å². The molecule has 2 heterocycles. The van der Waals surface area contributed by atoms with Crippen molar-refractivity contribution in [3.63, 3.8) is 0 Å². The van der Waals surface area contributed by atoms with Crippen LogP contribution in [-0.2, 0) is 19.5 Å². The maximum absolute atomic E-state index is 10.2. The molecular weight excluding hydrogens is 228 g/mol. The van der Waals surface area contributed by atoms with Crippen molar-refractivity contribution < 1.29 is 5.11 Å². The van der Waals surface area contributed by atoms with Gasteiger partial charge >= 0.3 is 0 Å². The molecule has 102 valence electrons. The molecule has 0 spiro atoms. The van der Waals surface area contributed by atoms with Gasteiger partial charge in [0.2, 0.25) is 0 Å². The van der Waals surface area contributed by atoms with Crippen molar-refractivity contribution in [2.24, 2.45) is 5.41 Å². The van der Waals surface area contributed by atoms with E-state index >= 15 is 0 Å². The lowest BCUT2D eigenvalue weighted by atomic mass is 9.88. The summed E-state index contributed by atoms with van der Waals surface area (Å²) in [7, 11) is 0. The highest BCUT2D eigenvalue weighted by molar-refractivity contribution is 5.13. The molecule has 0 unspecified atom stereocenters. The van der Waals surface area contributed by atoms with Crippen LogP contribution in [0, 0.1) is 5.41 Å². The van der Waals surface area contributed by atoms with Crippen LogP contribution in [0.4, 0.5) is 0 Å². The highest BCUT2D eigenvalue weighted by atomic mass is 16.3. The van der Waals surface area contributed by atoms with Gasteiger partial charge in [0.05, 0.1) is 17.5 Å². The van der Waals surface area contributed by atoms with Crippen molar-refractivity contribution in [2.45, 2.75) is 53.3 Å². The number of aromatic nitrogens is 3. The first-order valence-corrected chi connectivity index (χ1v) is 6.73. The number of rotatable bonds is 3. The Hall–Kier alpha value is -0.940. The molecule has 0 aliphatic carbocycles. The summed E-state index contributed by atoms with van der Waals surface area (Å²) >= 11 is 0. The summed E-state index contributed by atoms with van der Waals surface area (Å²) in [6.07, 6.45) is 0.674. The highest BCUT2D eigenvalue weighted by Gasteiger charge is 2.28. The predicted molar refractivity (Wildman–Crippen MR) is 70.1 cm³/mol. The van der Waals surface area contributed by atoms with E-state index in [2.05, 4.69) is 42.9 Å². The van der Waals surface area contributed by atoms with E-state index in [1.54, 1.807) is 0 Å². The van der Waals surface area contributed by atoms with Crippen LogP contribution in [0.15, 0.2) is 0 Å². The van der Waals surface area contributed by atoms with E-state index in [0.29, 0.717) is 6.54 Å². The van der Waals surface area contributed by atoms with Crippen molar-refractivity contribution in [2.75, 3.05) is 13.1 Å². The molecule has 0 aromatic carbocycles. The molecule has 0 radical (unpaired) electrons. The second-order valence-corrected chi connectivity index (χ2v) is 6.17. The van der Waals surface area contributed by atoms with Gasteiger partial charge in [-0.3, -0.25) is 4.90 Å². The van der Waals surface area contributed by atoms with Crippen LogP contribution in [0.5, 0.6) is 0 Å². The van der Waals surface area contributed by atoms with Crippen LogP contribution in [-0.4, -0.2) is 44.2 Å². The van der Waals surface area contributed by atoms with Crippen LogP contribution < -0.4 is 0 Å². The number of aliphatic hydroxyl groups excluding tert-OH is 1. The average molecular weight is 252 g/mol. The number of aryl methyl sites for hydroxylation is 1. The van der Waals surface area contributed by atoms with Gasteiger partial charge in [0.25, 0.3) is 0 Å². The van der Waals surface area contributed by atoms with E-state index in [1.807, 2.05) is 4.68 Å². The van der Waals surface area contributed by atoms with E-state index in [-0.39, 0.29) is 11.5 Å². The zero-order valence-corrected chi connectivity index (χ0v) is 11.8. The Balaban J connectivity index is 2.00. The van der Waals surface area contributed by atoms with E-state index in [9.17, 15) is 5.11 Å². The first kappa shape index (κ1) is 13.5. The van der Waals surface area contributed by atoms with Crippen LogP contribution in [0.25, 0.3) is 0 Å². The topological polar surface area (TPSA) is 54.2 Å². The van der Waals surface area contributed by atoms with Crippen molar-refractivity contribution >= 4 is 0 Å². The smallest absolute Gasteiger partial charge is 0.0999 e. The Labute approximate surface area is 109 Å². The minimum atomic E-state index is -0.305. The van der Waals surface area contributed by atoms with Gasteiger partial charge in [0.1, 0.15) is 0 Å². The Morgan fingerprint density at radius 2 is 2.11 bits per heavy atom. The zero-order valence-electron chi connectivity index (χ0n) is 11.8. The molecule has 0 saturated carbocycles. The van der Waals surface area contributed by atoms with Gasteiger partial charge in [-0.15, -0.1) is 5.10 Å². The van der Waals surface area contributed by atoms with Crippen LogP contribution >= 0.6 is 0 Å². The van der Waals surface area contributed by atoms with Crippen LogP contribution in [0.3, 0.4) is 0 Å². The van der Waals surface area contributed by atoms with Crippen LogP contribution in [0.1, 0.15) is 39.1 Å². The third-order valence-corrected chi connectivity index (χ3v) is 3.69. The van der Waals surface area contributed by atoms with E-state index in [1.165, 1.54) is 5.69 Å². The van der Waals surface area contributed by atoms with Gasteiger partial charge < -0.3 is 5.11 Å². The van der Waals surface area contributed by atoms with Crippen LogP contribution in [0.2, 0.25) is 0 Å². The summed E-state index contributed by atoms with van der Waals surface area (Å²) in [5, 5.41) is 18.5. The quantitative estimate of drug-likeness (QED) is 0.874. The number of β-amino-alcohol motifs (C(OH)–C–C–N with tert-alkyl or cyclic N) is 1. The van der Waals surface area contributed by atoms with Gasteiger partial charge in [-0.1, -0.05) is 26.0 Å².